The Hall–Kier alpha value is -2.65. The van der Waals surface area contributed by atoms with E-state index in [1.807, 2.05) is 41.5 Å². The third-order valence-corrected chi connectivity index (χ3v) is 10.9. The van der Waals surface area contributed by atoms with Crippen LogP contribution in [0.3, 0.4) is 0 Å². The lowest BCUT2D eigenvalue weighted by molar-refractivity contribution is -0.143. The van der Waals surface area contributed by atoms with Crippen molar-refractivity contribution in [3.05, 3.63) is 0 Å². The Labute approximate surface area is 244 Å². The first-order chi connectivity index (χ1) is 18.8. The summed E-state index contributed by atoms with van der Waals surface area (Å²) < 4.78 is 0. The molecule has 5 amide bonds. The summed E-state index contributed by atoms with van der Waals surface area (Å²) in [7, 11) is 0. The first kappa shape index (κ1) is 31.3. The van der Waals surface area contributed by atoms with Gasteiger partial charge < -0.3 is 26.6 Å². The number of rotatable bonds is 8. The summed E-state index contributed by atoms with van der Waals surface area (Å²) in [4.78, 5) is 67.5. The number of carbonyl (C=O) groups is 5. The molecule has 3 aliphatic carbocycles. The lowest BCUT2D eigenvalue weighted by atomic mass is 9.73. The predicted octanol–water partition coefficient (Wildman–Crippen LogP) is 3.03. The van der Waals surface area contributed by atoms with Crippen LogP contribution in [0.5, 0.6) is 0 Å². The Morgan fingerprint density at radius 2 is 1.54 bits per heavy atom. The minimum Gasteiger partial charge on any atom is -0.363 e. The predicted molar refractivity (Wildman–Crippen MR) is 155 cm³/mol. The number of likely N-dealkylation sites (tertiary alicyclic amines) is 1. The normalized spacial score (nSPS) is 27.8. The van der Waals surface area contributed by atoms with Crippen LogP contribution in [0.2, 0.25) is 0 Å². The Bertz CT molecular complexity index is 1110. The van der Waals surface area contributed by atoms with Crippen molar-refractivity contribution in [3.63, 3.8) is 0 Å². The molecule has 4 fully saturated rings. The molecule has 0 radical (unpaired) electrons. The number of carbonyl (C=O) groups excluding carboxylic acids is 5. The fraction of sp³-hybridized carbons (Fsp3) is 0.839. The molecular weight excluding hydrogens is 522 g/mol. The Morgan fingerprint density at radius 3 is 1.95 bits per heavy atom. The molecule has 10 heteroatoms. The molecule has 41 heavy (non-hydrogen) atoms. The lowest BCUT2D eigenvalue weighted by Gasteiger charge is -2.36. The van der Waals surface area contributed by atoms with E-state index >= 15 is 0 Å². The van der Waals surface area contributed by atoms with Crippen molar-refractivity contribution in [3.8, 4) is 0 Å². The average molecular weight is 574 g/mol. The summed E-state index contributed by atoms with van der Waals surface area (Å²) in [6.07, 6.45) is 7.07. The molecule has 230 valence electrons. The third kappa shape index (κ3) is 5.36. The molecule has 1 aliphatic heterocycles. The highest BCUT2D eigenvalue weighted by molar-refractivity contribution is 6.37. The van der Waals surface area contributed by atoms with Crippen molar-refractivity contribution >= 4 is 29.5 Å². The number of nitrogens with two attached hydrogens (primary N) is 1. The molecule has 0 aromatic heterocycles. The number of amides is 5. The number of nitrogens with one attached hydrogen (secondary N) is 3. The van der Waals surface area contributed by atoms with Gasteiger partial charge in [-0.25, -0.2) is 4.79 Å². The fourth-order valence-corrected chi connectivity index (χ4v) is 8.12. The summed E-state index contributed by atoms with van der Waals surface area (Å²) in [5.41, 5.74) is 4.04. The second-order valence-electron chi connectivity index (χ2n) is 15.8. The van der Waals surface area contributed by atoms with Crippen LogP contribution < -0.4 is 21.7 Å². The zero-order chi connectivity index (χ0) is 30.8. The standard InChI is InChI=1S/C31H51N5O5/c1-27(2,3)22(34-26(41)35-28(4,5)6)25(40)36-17-31(29(7,8)30(31)13-10-14-30)16-20(36)24(39)33-19(21(37)23(32)38)15-18-11-9-12-18/h18-20,22H,9-17H2,1-8H3,(H2,32,38)(H,33,39)(H2,34,35,41). The molecule has 0 bridgehead atoms. The van der Waals surface area contributed by atoms with Crippen LogP contribution in [-0.2, 0) is 19.2 Å². The quantitative estimate of drug-likeness (QED) is 0.329. The molecule has 4 atom stereocenters. The van der Waals surface area contributed by atoms with E-state index in [-0.39, 0.29) is 28.1 Å². The SMILES string of the molecule is CC(C)(C)NC(=O)NC(C(=O)N1CC2(CC1C(=O)NC(CC1CCC1)C(=O)C(N)=O)C(C)(C)C21CCC1)C(C)(C)C. The van der Waals surface area contributed by atoms with Crippen LogP contribution in [0.4, 0.5) is 4.79 Å². The number of Topliss-reactive ketones (excluding diaryl/α,β-unsaturated/α-hetero) is 1. The van der Waals surface area contributed by atoms with Gasteiger partial charge in [0.15, 0.2) is 0 Å². The number of hydrogen-bond acceptors (Lipinski definition) is 5. The number of urea groups is 1. The highest BCUT2D eigenvalue weighted by Gasteiger charge is 2.85. The third-order valence-electron chi connectivity index (χ3n) is 10.9. The number of ketones is 1. The zero-order valence-electron chi connectivity index (χ0n) is 26.2. The molecule has 3 saturated carbocycles. The van der Waals surface area contributed by atoms with Crippen LogP contribution in [0.25, 0.3) is 0 Å². The van der Waals surface area contributed by atoms with Gasteiger partial charge in [0.25, 0.3) is 5.91 Å². The van der Waals surface area contributed by atoms with E-state index in [0.29, 0.717) is 19.4 Å². The maximum atomic E-state index is 14.4. The van der Waals surface area contributed by atoms with E-state index in [1.54, 1.807) is 4.90 Å². The van der Waals surface area contributed by atoms with E-state index in [4.69, 9.17) is 5.73 Å². The van der Waals surface area contributed by atoms with Crippen molar-refractivity contribution < 1.29 is 24.0 Å². The smallest absolute Gasteiger partial charge is 0.315 e. The molecule has 1 saturated heterocycles. The molecule has 4 unspecified atom stereocenters. The van der Waals surface area contributed by atoms with Crippen molar-refractivity contribution in [2.24, 2.45) is 33.3 Å². The second-order valence-corrected chi connectivity index (χ2v) is 15.8. The van der Waals surface area contributed by atoms with Gasteiger partial charge in [-0.15, -0.1) is 0 Å². The lowest BCUT2D eigenvalue weighted by Crippen LogP contribution is -2.61. The molecular formula is C31H51N5O5. The second kappa shape index (κ2) is 10.3. The Balaban J connectivity index is 1.63. The van der Waals surface area contributed by atoms with Gasteiger partial charge in [0.2, 0.25) is 17.6 Å². The molecule has 0 aromatic carbocycles. The van der Waals surface area contributed by atoms with Crippen LogP contribution >= 0.6 is 0 Å². The number of primary amides is 1. The Morgan fingerprint density at radius 1 is 0.927 bits per heavy atom. The summed E-state index contributed by atoms with van der Waals surface area (Å²) in [5, 5.41) is 8.61. The monoisotopic (exact) mass is 573 g/mol. The topological polar surface area (TPSA) is 151 Å². The van der Waals surface area contributed by atoms with Crippen molar-refractivity contribution in [1.29, 1.82) is 0 Å². The van der Waals surface area contributed by atoms with E-state index in [0.717, 1.165) is 38.5 Å². The molecule has 2 spiro atoms. The Kier molecular flexibility index (Phi) is 7.83. The van der Waals surface area contributed by atoms with Gasteiger partial charge in [-0.3, -0.25) is 19.2 Å². The summed E-state index contributed by atoms with van der Waals surface area (Å²) in [5.74, 6) is -2.35. The van der Waals surface area contributed by atoms with Crippen molar-refractivity contribution in [2.75, 3.05) is 6.54 Å². The van der Waals surface area contributed by atoms with E-state index < -0.39 is 52.7 Å². The van der Waals surface area contributed by atoms with Gasteiger partial charge in [-0.1, -0.05) is 60.3 Å². The van der Waals surface area contributed by atoms with E-state index in [2.05, 4.69) is 29.8 Å². The summed E-state index contributed by atoms with van der Waals surface area (Å²) in [6.45, 7) is 16.2. The number of nitrogens with zero attached hydrogens (tertiary/aromatic N) is 1. The number of hydrogen-bond donors (Lipinski definition) is 4. The van der Waals surface area contributed by atoms with Crippen molar-refractivity contribution in [1.82, 2.24) is 20.9 Å². The molecule has 4 aliphatic rings. The summed E-state index contributed by atoms with van der Waals surface area (Å²) >= 11 is 0. The fourth-order valence-electron chi connectivity index (χ4n) is 8.12. The number of fused-ring (bicyclic) bond motifs is 1. The molecule has 1 heterocycles. The highest BCUT2D eigenvalue weighted by atomic mass is 16.2. The van der Waals surface area contributed by atoms with Gasteiger partial charge in [0, 0.05) is 17.5 Å². The molecule has 4 rings (SSSR count). The molecule has 10 nitrogen and oxygen atoms in total. The van der Waals surface area contributed by atoms with E-state index in [1.165, 1.54) is 0 Å². The van der Waals surface area contributed by atoms with E-state index in [9.17, 15) is 24.0 Å². The maximum Gasteiger partial charge on any atom is 0.315 e. The minimum atomic E-state index is -1.07. The van der Waals surface area contributed by atoms with Crippen molar-refractivity contribution in [2.45, 2.75) is 130 Å². The molecule has 5 N–H and O–H groups in total. The van der Waals surface area contributed by atoms with Crippen LogP contribution in [0.1, 0.15) is 107 Å². The van der Waals surface area contributed by atoms with Gasteiger partial charge >= 0.3 is 6.03 Å². The highest BCUT2D eigenvalue weighted by Crippen LogP contribution is 2.88. The van der Waals surface area contributed by atoms with Gasteiger partial charge in [0.1, 0.15) is 12.1 Å². The zero-order valence-corrected chi connectivity index (χ0v) is 26.2. The van der Waals surface area contributed by atoms with Crippen LogP contribution in [0, 0.1) is 27.6 Å². The van der Waals surface area contributed by atoms with Crippen LogP contribution in [-0.4, -0.2) is 64.6 Å². The van der Waals surface area contributed by atoms with Gasteiger partial charge in [-0.2, -0.15) is 0 Å². The van der Waals surface area contributed by atoms with Crippen LogP contribution in [0.15, 0.2) is 0 Å². The minimum absolute atomic E-state index is 0.0472. The van der Waals surface area contributed by atoms with Gasteiger partial charge in [0.05, 0.1) is 6.04 Å². The largest absolute Gasteiger partial charge is 0.363 e. The molecule has 0 aromatic rings. The first-order valence-electron chi connectivity index (χ1n) is 15.3. The summed E-state index contributed by atoms with van der Waals surface area (Å²) in [6, 6.07) is -3.15. The average Bonchev–Trinajstić information content (AvgIpc) is 3.01. The first-order valence-corrected chi connectivity index (χ1v) is 15.3. The maximum absolute atomic E-state index is 14.4. The van der Waals surface area contributed by atoms with Gasteiger partial charge in [-0.05, 0) is 68.6 Å².